The van der Waals surface area contributed by atoms with Crippen molar-refractivity contribution in [1.82, 2.24) is 5.32 Å². The summed E-state index contributed by atoms with van der Waals surface area (Å²) < 4.78 is 5.38. The van der Waals surface area contributed by atoms with Gasteiger partial charge in [-0.2, -0.15) is 0 Å². The number of rotatable bonds is 3. The molecule has 0 aromatic heterocycles. The first kappa shape index (κ1) is 11.7. The van der Waals surface area contributed by atoms with Crippen LogP contribution in [0.1, 0.15) is 18.9 Å². The summed E-state index contributed by atoms with van der Waals surface area (Å²) in [6, 6.07) is 5.63. The summed E-state index contributed by atoms with van der Waals surface area (Å²) in [5.74, 6) is 0. The Bertz CT molecular complexity index is 355. The van der Waals surface area contributed by atoms with Gasteiger partial charge in [0.15, 0.2) is 0 Å². The lowest BCUT2D eigenvalue weighted by atomic mass is 10.0. The van der Waals surface area contributed by atoms with Gasteiger partial charge in [-0.25, -0.2) is 0 Å². The lowest BCUT2D eigenvalue weighted by Gasteiger charge is -2.23. The molecule has 4 heteroatoms. The van der Waals surface area contributed by atoms with Gasteiger partial charge in [-0.15, -0.1) is 0 Å². The predicted octanol–water partition coefficient (Wildman–Crippen LogP) is 2.19. The highest BCUT2D eigenvalue weighted by atomic mass is 35.5. The van der Waals surface area contributed by atoms with Crippen LogP contribution in [0.5, 0.6) is 0 Å². The Morgan fingerprint density at radius 3 is 2.94 bits per heavy atom. The Balaban J connectivity index is 1.98. The number of anilines is 1. The average molecular weight is 241 g/mol. The second-order valence-corrected chi connectivity index (χ2v) is 5.05. The normalized spacial score (nSPS) is 24.9. The Morgan fingerprint density at radius 2 is 2.31 bits per heavy atom. The van der Waals surface area contributed by atoms with E-state index in [1.807, 2.05) is 12.1 Å². The van der Waals surface area contributed by atoms with Crippen LogP contribution in [-0.2, 0) is 11.3 Å². The van der Waals surface area contributed by atoms with E-state index in [1.165, 1.54) is 0 Å². The third-order valence-corrected chi connectivity index (χ3v) is 3.14. The maximum Gasteiger partial charge on any atom is 0.0646 e. The maximum absolute atomic E-state index is 5.95. The first-order valence-corrected chi connectivity index (χ1v) is 5.83. The molecule has 0 saturated carbocycles. The van der Waals surface area contributed by atoms with Crippen LogP contribution in [0.3, 0.4) is 0 Å². The first-order valence-electron chi connectivity index (χ1n) is 5.45. The van der Waals surface area contributed by atoms with Crippen molar-refractivity contribution in [3.63, 3.8) is 0 Å². The SMILES string of the molecule is CC1(NCc2cc(N)cc(Cl)c2)CCOC1. The number of halogens is 1. The standard InChI is InChI=1S/C12H17ClN2O/c1-12(2-3-16-8-12)15-7-9-4-10(13)6-11(14)5-9/h4-6,15H,2-3,7-8,14H2,1H3. The summed E-state index contributed by atoms with van der Waals surface area (Å²) >= 11 is 5.95. The quantitative estimate of drug-likeness (QED) is 0.797. The molecule has 88 valence electrons. The summed E-state index contributed by atoms with van der Waals surface area (Å²) in [4.78, 5) is 0. The van der Waals surface area contributed by atoms with E-state index in [4.69, 9.17) is 22.1 Å². The molecule has 1 aliphatic rings. The van der Waals surface area contributed by atoms with Crippen LogP contribution in [-0.4, -0.2) is 18.8 Å². The molecule has 1 fully saturated rings. The smallest absolute Gasteiger partial charge is 0.0646 e. The number of hydrogen-bond donors (Lipinski definition) is 2. The molecule has 0 radical (unpaired) electrons. The van der Waals surface area contributed by atoms with Crippen molar-refractivity contribution in [3.05, 3.63) is 28.8 Å². The van der Waals surface area contributed by atoms with Crippen LogP contribution in [0.2, 0.25) is 5.02 Å². The van der Waals surface area contributed by atoms with Gasteiger partial charge in [0, 0.05) is 29.4 Å². The van der Waals surface area contributed by atoms with Gasteiger partial charge < -0.3 is 15.8 Å². The van der Waals surface area contributed by atoms with Gasteiger partial charge in [0.05, 0.1) is 6.61 Å². The second-order valence-electron chi connectivity index (χ2n) is 4.61. The Morgan fingerprint density at radius 1 is 1.50 bits per heavy atom. The van der Waals surface area contributed by atoms with E-state index in [0.717, 1.165) is 31.7 Å². The van der Waals surface area contributed by atoms with Crippen LogP contribution < -0.4 is 11.1 Å². The molecule has 16 heavy (non-hydrogen) atoms. The maximum atomic E-state index is 5.95. The zero-order chi connectivity index (χ0) is 11.6. The molecule has 1 saturated heterocycles. The van der Waals surface area contributed by atoms with Gasteiger partial charge in [-0.1, -0.05) is 11.6 Å². The van der Waals surface area contributed by atoms with Crippen LogP contribution in [0.25, 0.3) is 0 Å². The number of nitrogen functional groups attached to an aromatic ring is 1. The molecular formula is C12H17ClN2O. The van der Waals surface area contributed by atoms with Crippen molar-refractivity contribution in [2.45, 2.75) is 25.4 Å². The van der Waals surface area contributed by atoms with E-state index in [-0.39, 0.29) is 5.54 Å². The fraction of sp³-hybridized carbons (Fsp3) is 0.500. The molecule has 0 spiro atoms. The summed E-state index contributed by atoms with van der Waals surface area (Å²) in [5.41, 5.74) is 7.63. The molecule has 1 atom stereocenters. The molecular weight excluding hydrogens is 224 g/mol. The molecule has 1 unspecified atom stereocenters. The monoisotopic (exact) mass is 240 g/mol. The minimum absolute atomic E-state index is 0.0804. The number of hydrogen-bond acceptors (Lipinski definition) is 3. The summed E-state index contributed by atoms with van der Waals surface area (Å²) in [5, 5.41) is 4.17. The summed E-state index contributed by atoms with van der Waals surface area (Å²) in [6.07, 6.45) is 1.04. The molecule has 0 amide bonds. The molecule has 1 heterocycles. The predicted molar refractivity (Wildman–Crippen MR) is 66.5 cm³/mol. The van der Waals surface area contributed by atoms with E-state index in [9.17, 15) is 0 Å². The Labute approximate surface area is 101 Å². The fourth-order valence-corrected chi connectivity index (χ4v) is 2.17. The van der Waals surface area contributed by atoms with E-state index in [0.29, 0.717) is 10.7 Å². The fourth-order valence-electron chi connectivity index (χ4n) is 1.90. The van der Waals surface area contributed by atoms with Crippen molar-refractivity contribution >= 4 is 17.3 Å². The third kappa shape index (κ3) is 2.88. The molecule has 1 aromatic rings. The molecule has 2 rings (SSSR count). The highest BCUT2D eigenvalue weighted by Crippen LogP contribution is 2.20. The van der Waals surface area contributed by atoms with Crippen molar-refractivity contribution < 1.29 is 4.74 Å². The number of nitrogens with two attached hydrogens (primary N) is 1. The highest BCUT2D eigenvalue weighted by molar-refractivity contribution is 6.30. The van der Waals surface area contributed by atoms with Gasteiger partial charge in [-0.05, 0) is 37.1 Å². The van der Waals surface area contributed by atoms with E-state index >= 15 is 0 Å². The largest absolute Gasteiger partial charge is 0.399 e. The van der Waals surface area contributed by atoms with Crippen molar-refractivity contribution in [2.24, 2.45) is 0 Å². The number of ether oxygens (including phenoxy) is 1. The molecule has 1 aliphatic heterocycles. The number of benzene rings is 1. The lowest BCUT2D eigenvalue weighted by molar-refractivity contribution is 0.171. The lowest BCUT2D eigenvalue weighted by Crippen LogP contribution is -2.42. The van der Waals surface area contributed by atoms with Gasteiger partial charge in [0.2, 0.25) is 0 Å². The van der Waals surface area contributed by atoms with Gasteiger partial charge in [0.25, 0.3) is 0 Å². The van der Waals surface area contributed by atoms with Crippen molar-refractivity contribution in [2.75, 3.05) is 18.9 Å². The van der Waals surface area contributed by atoms with Gasteiger partial charge in [0.1, 0.15) is 0 Å². The van der Waals surface area contributed by atoms with Crippen LogP contribution in [0.15, 0.2) is 18.2 Å². The van der Waals surface area contributed by atoms with Gasteiger partial charge >= 0.3 is 0 Å². The zero-order valence-corrected chi connectivity index (χ0v) is 10.2. The summed E-state index contributed by atoms with van der Waals surface area (Å²) in [6.45, 7) is 4.54. The molecule has 0 aliphatic carbocycles. The molecule has 0 bridgehead atoms. The molecule has 3 nitrogen and oxygen atoms in total. The minimum Gasteiger partial charge on any atom is -0.399 e. The molecule has 1 aromatic carbocycles. The van der Waals surface area contributed by atoms with Crippen LogP contribution in [0, 0.1) is 0 Å². The highest BCUT2D eigenvalue weighted by Gasteiger charge is 2.28. The van der Waals surface area contributed by atoms with Crippen molar-refractivity contribution in [1.29, 1.82) is 0 Å². The van der Waals surface area contributed by atoms with E-state index in [2.05, 4.69) is 12.2 Å². The topological polar surface area (TPSA) is 47.3 Å². The van der Waals surface area contributed by atoms with Gasteiger partial charge in [-0.3, -0.25) is 0 Å². The van der Waals surface area contributed by atoms with Crippen molar-refractivity contribution in [3.8, 4) is 0 Å². The first-order chi connectivity index (χ1) is 7.57. The number of nitrogens with one attached hydrogen (secondary N) is 1. The second kappa shape index (κ2) is 4.62. The Hall–Kier alpha value is -0.770. The third-order valence-electron chi connectivity index (χ3n) is 2.92. The van der Waals surface area contributed by atoms with Crippen LogP contribution in [0.4, 0.5) is 5.69 Å². The Kier molecular flexibility index (Phi) is 3.38. The van der Waals surface area contributed by atoms with E-state index < -0.39 is 0 Å². The zero-order valence-electron chi connectivity index (χ0n) is 9.42. The summed E-state index contributed by atoms with van der Waals surface area (Å²) in [7, 11) is 0. The molecule has 3 N–H and O–H groups in total. The van der Waals surface area contributed by atoms with E-state index in [1.54, 1.807) is 6.07 Å². The average Bonchev–Trinajstić information content (AvgIpc) is 2.62. The van der Waals surface area contributed by atoms with Crippen LogP contribution >= 0.6 is 11.6 Å². The minimum atomic E-state index is 0.0804.